The van der Waals surface area contributed by atoms with E-state index in [-0.39, 0.29) is 12.5 Å². The molecule has 0 bridgehead atoms. The third-order valence-electron chi connectivity index (χ3n) is 6.21. The number of benzene rings is 1. The molecule has 0 unspecified atom stereocenters. The number of carbonyl (C=O) groups is 2. The molecule has 0 saturated heterocycles. The highest BCUT2D eigenvalue weighted by Crippen LogP contribution is 2.15. The molecule has 0 spiro atoms. The molecule has 1 amide bonds. The van der Waals surface area contributed by atoms with Gasteiger partial charge < -0.3 is 71.6 Å². The fraction of sp³-hybridized carbons (Fsp3) is 0.771. The number of rotatable bonds is 40. The van der Waals surface area contributed by atoms with Gasteiger partial charge in [-0.25, -0.2) is 4.79 Å². The Kier molecular flexibility index (Phi) is 34.9. The largest absolute Gasteiger partial charge is 0.491 e. The zero-order chi connectivity index (χ0) is 37.4. The van der Waals surface area contributed by atoms with E-state index in [0.29, 0.717) is 164 Å². The molecule has 0 aromatic heterocycles. The Morgan fingerprint density at radius 2 is 0.692 bits per heavy atom. The third-order valence-corrected chi connectivity index (χ3v) is 6.21. The lowest BCUT2D eigenvalue weighted by molar-refractivity contribution is -0.146. The highest BCUT2D eigenvalue weighted by molar-refractivity contribution is 5.88. The SMILES string of the molecule is COC(=O)COCCOCCOCCOCCOCCOCCOCCOCCOCCOCCOCCOCCOc1ccc(NC(C)=O)cc1. The number of carbonyl (C=O) groups excluding carboxylic acids is 2. The lowest BCUT2D eigenvalue weighted by atomic mass is 10.3. The highest BCUT2D eigenvalue weighted by atomic mass is 16.6. The van der Waals surface area contributed by atoms with E-state index in [1.54, 1.807) is 24.3 Å². The van der Waals surface area contributed by atoms with Gasteiger partial charge in [0.15, 0.2) is 0 Å². The summed E-state index contributed by atoms with van der Waals surface area (Å²) in [5.74, 6) is 0.188. The summed E-state index contributed by atoms with van der Waals surface area (Å²) in [4.78, 5) is 21.9. The van der Waals surface area contributed by atoms with E-state index in [2.05, 4.69) is 10.1 Å². The molecule has 302 valence electrons. The molecule has 0 atom stereocenters. The second-order valence-corrected chi connectivity index (χ2v) is 10.4. The quantitative estimate of drug-likeness (QED) is 0.0752. The predicted molar refractivity (Wildman–Crippen MR) is 188 cm³/mol. The molecule has 0 radical (unpaired) electrons. The average molecular weight is 752 g/mol. The minimum absolute atomic E-state index is 0.0753. The molecule has 1 N–H and O–H groups in total. The van der Waals surface area contributed by atoms with Crippen LogP contribution in [0.4, 0.5) is 5.69 Å². The molecule has 1 aromatic carbocycles. The first kappa shape index (κ1) is 47.5. The van der Waals surface area contributed by atoms with Gasteiger partial charge >= 0.3 is 5.97 Å². The maximum atomic E-state index is 11.0. The predicted octanol–water partition coefficient (Wildman–Crippen LogP) is 1.40. The monoisotopic (exact) mass is 751 g/mol. The Bertz CT molecular complexity index is 927. The standard InChI is InChI=1S/C35H61NO16/c1-32(37)36-33-3-5-34(6-4-33)52-30-29-50-26-25-48-22-21-46-18-17-44-14-13-42-10-9-40-7-8-41-11-12-43-15-16-45-19-20-47-23-24-49-27-28-51-31-35(38)39-2/h3-6H,7-31H2,1-2H3,(H,36,37). The molecule has 17 heteroatoms. The summed E-state index contributed by atoms with van der Waals surface area (Å²) in [7, 11) is 1.31. The average Bonchev–Trinajstić information content (AvgIpc) is 3.14. The number of methoxy groups -OCH3 is 1. The van der Waals surface area contributed by atoms with E-state index in [0.717, 1.165) is 5.69 Å². The number of ether oxygens (including phenoxy) is 14. The molecule has 52 heavy (non-hydrogen) atoms. The van der Waals surface area contributed by atoms with Gasteiger partial charge in [0.1, 0.15) is 19.0 Å². The fourth-order valence-corrected chi connectivity index (χ4v) is 3.69. The lowest BCUT2D eigenvalue weighted by Crippen LogP contribution is -2.16. The smallest absolute Gasteiger partial charge is 0.331 e. The van der Waals surface area contributed by atoms with Crippen molar-refractivity contribution in [3.8, 4) is 5.75 Å². The second-order valence-electron chi connectivity index (χ2n) is 10.4. The summed E-state index contributed by atoms with van der Waals surface area (Å²) >= 11 is 0. The van der Waals surface area contributed by atoms with Crippen molar-refractivity contribution < 1.29 is 75.9 Å². The van der Waals surface area contributed by atoms with Crippen LogP contribution >= 0.6 is 0 Å². The molecule has 0 heterocycles. The minimum Gasteiger partial charge on any atom is -0.491 e. The Hall–Kier alpha value is -2.52. The first-order valence-electron chi connectivity index (χ1n) is 17.6. The first-order valence-corrected chi connectivity index (χ1v) is 17.6. The van der Waals surface area contributed by atoms with Gasteiger partial charge in [-0.2, -0.15) is 0 Å². The lowest BCUT2D eigenvalue weighted by Gasteiger charge is -2.09. The normalized spacial score (nSPS) is 11.2. The topological polar surface area (TPSA) is 175 Å². The Morgan fingerprint density at radius 1 is 0.423 bits per heavy atom. The zero-order valence-electron chi connectivity index (χ0n) is 31.0. The van der Waals surface area contributed by atoms with Crippen LogP contribution in [0.3, 0.4) is 0 Å². The van der Waals surface area contributed by atoms with Crippen molar-refractivity contribution in [2.75, 3.05) is 178 Å². The summed E-state index contributed by atoms with van der Waals surface area (Å²) in [6, 6.07) is 7.16. The molecule has 1 aromatic rings. The van der Waals surface area contributed by atoms with Gasteiger partial charge in [0, 0.05) is 12.6 Å². The van der Waals surface area contributed by atoms with E-state index in [1.165, 1.54) is 14.0 Å². The van der Waals surface area contributed by atoms with Crippen LogP contribution in [0.25, 0.3) is 0 Å². The third kappa shape index (κ3) is 34.6. The van der Waals surface area contributed by atoms with Crippen LogP contribution in [0.2, 0.25) is 0 Å². The van der Waals surface area contributed by atoms with Crippen LogP contribution in [-0.4, -0.2) is 184 Å². The van der Waals surface area contributed by atoms with E-state index in [1.807, 2.05) is 0 Å². The van der Waals surface area contributed by atoms with Crippen LogP contribution in [0.5, 0.6) is 5.75 Å². The molecule has 1 rings (SSSR count). The molecule has 0 aliphatic rings. The van der Waals surface area contributed by atoms with E-state index in [4.69, 9.17) is 61.6 Å². The molecular weight excluding hydrogens is 690 g/mol. The minimum atomic E-state index is -0.412. The maximum absolute atomic E-state index is 11.0. The molecule has 0 fully saturated rings. The summed E-state index contributed by atoms with van der Waals surface area (Å²) in [5, 5.41) is 2.71. The van der Waals surface area contributed by atoms with Crippen molar-refractivity contribution in [1.29, 1.82) is 0 Å². The van der Waals surface area contributed by atoms with E-state index < -0.39 is 5.97 Å². The molecule has 0 saturated carbocycles. The first-order chi connectivity index (χ1) is 25.6. The summed E-state index contributed by atoms with van der Waals surface area (Å²) in [5.41, 5.74) is 0.727. The number of hydrogen-bond acceptors (Lipinski definition) is 16. The van der Waals surface area contributed by atoms with Crippen molar-refractivity contribution in [1.82, 2.24) is 0 Å². The summed E-state index contributed by atoms with van der Waals surface area (Å²) in [6.45, 7) is 12.5. The van der Waals surface area contributed by atoms with Gasteiger partial charge in [-0.3, -0.25) is 4.79 Å². The van der Waals surface area contributed by atoms with Crippen LogP contribution in [0, 0.1) is 0 Å². The molecule has 0 aliphatic heterocycles. The van der Waals surface area contributed by atoms with Crippen LogP contribution in [-0.2, 0) is 71.2 Å². The van der Waals surface area contributed by atoms with Crippen molar-refractivity contribution in [3.63, 3.8) is 0 Å². The highest BCUT2D eigenvalue weighted by Gasteiger charge is 2.00. The van der Waals surface area contributed by atoms with Gasteiger partial charge in [-0.15, -0.1) is 0 Å². The summed E-state index contributed by atoms with van der Waals surface area (Å²) in [6.07, 6.45) is 0. The van der Waals surface area contributed by atoms with Crippen LogP contribution in [0.1, 0.15) is 6.92 Å². The van der Waals surface area contributed by atoms with Crippen molar-refractivity contribution in [3.05, 3.63) is 24.3 Å². The van der Waals surface area contributed by atoms with Gasteiger partial charge in [0.2, 0.25) is 5.91 Å². The molecular formula is C35H61NO16. The molecule has 17 nitrogen and oxygen atoms in total. The fourth-order valence-electron chi connectivity index (χ4n) is 3.69. The Labute approximate surface area is 307 Å². The van der Waals surface area contributed by atoms with Crippen LogP contribution < -0.4 is 10.1 Å². The van der Waals surface area contributed by atoms with Gasteiger partial charge in [0.25, 0.3) is 0 Å². The molecule has 0 aliphatic carbocycles. The number of amides is 1. The van der Waals surface area contributed by atoms with Crippen molar-refractivity contribution in [2.24, 2.45) is 0 Å². The number of anilines is 1. The van der Waals surface area contributed by atoms with Gasteiger partial charge in [-0.05, 0) is 24.3 Å². The summed E-state index contributed by atoms with van der Waals surface area (Å²) < 4.78 is 75.1. The van der Waals surface area contributed by atoms with Gasteiger partial charge in [0.05, 0.1) is 159 Å². The second kappa shape index (κ2) is 38.2. The Morgan fingerprint density at radius 3 is 0.962 bits per heavy atom. The van der Waals surface area contributed by atoms with E-state index in [9.17, 15) is 9.59 Å². The van der Waals surface area contributed by atoms with Crippen molar-refractivity contribution >= 4 is 17.6 Å². The Balaban J connectivity index is 1.65. The number of esters is 1. The zero-order valence-corrected chi connectivity index (χ0v) is 31.0. The number of nitrogens with one attached hydrogen (secondary N) is 1. The van der Waals surface area contributed by atoms with E-state index >= 15 is 0 Å². The number of hydrogen-bond donors (Lipinski definition) is 1. The van der Waals surface area contributed by atoms with Gasteiger partial charge in [-0.1, -0.05) is 0 Å². The maximum Gasteiger partial charge on any atom is 0.331 e. The van der Waals surface area contributed by atoms with Crippen molar-refractivity contribution in [2.45, 2.75) is 6.92 Å². The van der Waals surface area contributed by atoms with Crippen LogP contribution in [0.15, 0.2) is 24.3 Å².